The molecule has 126 valence electrons. The summed E-state index contributed by atoms with van der Waals surface area (Å²) >= 11 is 1.42. The van der Waals surface area contributed by atoms with Crippen molar-refractivity contribution in [1.29, 1.82) is 0 Å². The number of piperidine rings is 1. The third kappa shape index (κ3) is 4.18. The Bertz CT molecular complexity index is 720. The fourth-order valence-electron chi connectivity index (χ4n) is 2.68. The van der Waals surface area contributed by atoms with Gasteiger partial charge in [-0.15, -0.1) is 11.3 Å². The molecular weight excluding hydrogens is 324 g/mol. The molecule has 0 aliphatic carbocycles. The van der Waals surface area contributed by atoms with Crippen LogP contribution >= 0.6 is 11.3 Å². The molecule has 2 heterocycles. The molecule has 7 heteroatoms. The predicted molar refractivity (Wildman–Crippen MR) is 96.1 cm³/mol. The Labute approximate surface area is 144 Å². The zero-order valence-corrected chi connectivity index (χ0v) is 14.3. The van der Waals surface area contributed by atoms with Crippen LogP contribution in [0.5, 0.6) is 0 Å². The first-order valence-corrected chi connectivity index (χ1v) is 8.85. The summed E-state index contributed by atoms with van der Waals surface area (Å²) in [7, 11) is 0. The second kappa shape index (κ2) is 7.55. The molecule has 1 aliphatic heterocycles. The number of hydrogen-bond acceptors (Lipinski definition) is 5. The Morgan fingerprint density at radius 3 is 2.54 bits per heavy atom. The van der Waals surface area contributed by atoms with Crippen molar-refractivity contribution in [2.24, 2.45) is 5.92 Å². The lowest BCUT2D eigenvalue weighted by molar-refractivity contribution is -0.120. The highest BCUT2D eigenvalue weighted by Crippen LogP contribution is 2.26. The third-order valence-corrected chi connectivity index (χ3v) is 4.70. The zero-order chi connectivity index (χ0) is 16.9. The lowest BCUT2D eigenvalue weighted by Crippen LogP contribution is -2.34. The Morgan fingerprint density at radius 2 is 1.88 bits per heavy atom. The van der Waals surface area contributed by atoms with Gasteiger partial charge in [0.05, 0.1) is 5.69 Å². The van der Waals surface area contributed by atoms with Crippen LogP contribution in [-0.4, -0.2) is 29.9 Å². The van der Waals surface area contributed by atoms with Crippen molar-refractivity contribution in [3.05, 3.63) is 29.6 Å². The largest absolute Gasteiger partial charge is 0.326 e. The normalized spacial score (nSPS) is 15.0. The van der Waals surface area contributed by atoms with Gasteiger partial charge in [0.2, 0.25) is 11.8 Å². The van der Waals surface area contributed by atoms with E-state index in [1.165, 1.54) is 18.3 Å². The van der Waals surface area contributed by atoms with Crippen molar-refractivity contribution in [3.8, 4) is 11.3 Å². The molecule has 1 aromatic carbocycles. The lowest BCUT2D eigenvalue weighted by Gasteiger charge is -2.20. The summed E-state index contributed by atoms with van der Waals surface area (Å²) in [5.74, 6) is 0.0215. The van der Waals surface area contributed by atoms with E-state index in [4.69, 9.17) is 0 Å². The minimum atomic E-state index is -0.0979. The molecule has 1 aromatic heterocycles. The van der Waals surface area contributed by atoms with Gasteiger partial charge in [-0.1, -0.05) is 12.1 Å². The number of nitrogens with one attached hydrogen (secondary N) is 3. The Hall–Kier alpha value is -2.25. The first-order chi connectivity index (χ1) is 11.6. The van der Waals surface area contributed by atoms with Gasteiger partial charge < -0.3 is 16.0 Å². The van der Waals surface area contributed by atoms with E-state index in [1.807, 2.05) is 29.6 Å². The lowest BCUT2D eigenvalue weighted by atomic mass is 9.97. The van der Waals surface area contributed by atoms with Crippen LogP contribution in [0.15, 0.2) is 29.6 Å². The maximum atomic E-state index is 12.2. The van der Waals surface area contributed by atoms with Crippen LogP contribution in [0.2, 0.25) is 0 Å². The molecule has 6 nitrogen and oxygen atoms in total. The van der Waals surface area contributed by atoms with Gasteiger partial charge in [0.1, 0.15) is 0 Å². The monoisotopic (exact) mass is 344 g/mol. The van der Waals surface area contributed by atoms with Gasteiger partial charge in [-0.25, -0.2) is 4.98 Å². The summed E-state index contributed by atoms with van der Waals surface area (Å²) in [6, 6.07) is 7.48. The number of aromatic nitrogens is 1. The van der Waals surface area contributed by atoms with E-state index in [2.05, 4.69) is 20.9 Å². The van der Waals surface area contributed by atoms with Crippen molar-refractivity contribution in [3.63, 3.8) is 0 Å². The molecule has 1 fully saturated rings. The average Bonchev–Trinajstić information content (AvgIpc) is 3.04. The molecule has 0 radical (unpaired) electrons. The van der Waals surface area contributed by atoms with Crippen molar-refractivity contribution in [2.75, 3.05) is 23.7 Å². The van der Waals surface area contributed by atoms with Crippen LogP contribution in [0, 0.1) is 5.92 Å². The molecule has 2 amide bonds. The molecule has 0 unspecified atom stereocenters. The van der Waals surface area contributed by atoms with Crippen LogP contribution in [0.3, 0.4) is 0 Å². The maximum Gasteiger partial charge on any atom is 0.229 e. The summed E-state index contributed by atoms with van der Waals surface area (Å²) in [6.45, 7) is 3.26. The van der Waals surface area contributed by atoms with Crippen molar-refractivity contribution in [1.82, 2.24) is 10.3 Å². The summed E-state index contributed by atoms with van der Waals surface area (Å²) in [5.41, 5.74) is 2.51. The quantitative estimate of drug-likeness (QED) is 0.796. The SMILES string of the molecule is CC(=O)Nc1ccc(-c2csc(NC(=O)C3CCNCC3)n2)cc1. The molecule has 0 saturated carbocycles. The van der Waals surface area contributed by atoms with E-state index < -0.39 is 0 Å². The average molecular weight is 344 g/mol. The fourth-order valence-corrected chi connectivity index (χ4v) is 3.41. The van der Waals surface area contributed by atoms with E-state index in [9.17, 15) is 9.59 Å². The van der Waals surface area contributed by atoms with Gasteiger partial charge in [-0.3, -0.25) is 9.59 Å². The fraction of sp³-hybridized carbons (Fsp3) is 0.353. The molecule has 24 heavy (non-hydrogen) atoms. The van der Waals surface area contributed by atoms with Crippen molar-refractivity contribution >= 4 is 34.0 Å². The van der Waals surface area contributed by atoms with Crippen LogP contribution in [0.25, 0.3) is 11.3 Å². The highest BCUT2D eigenvalue weighted by atomic mass is 32.1. The number of hydrogen-bond donors (Lipinski definition) is 3. The van der Waals surface area contributed by atoms with Gasteiger partial charge in [0.25, 0.3) is 0 Å². The highest BCUT2D eigenvalue weighted by Gasteiger charge is 2.21. The van der Waals surface area contributed by atoms with Crippen molar-refractivity contribution < 1.29 is 9.59 Å². The molecule has 3 N–H and O–H groups in total. The minimum Gasteiger partial charge on any atom is -0.326 e. The van der Waals surface area contributed by atoms with E-state index in [-0.39, 0.29) is 17.7 Å². The number of benzene rings is 1. The third-order valence-electron chi connectivity index (χ3n) is 3.95. The molecular formula is C17H20N4O2S. The van der Waals surface area contributed by atoms with Crippen LogP contribution in [0.4, 0.5) is 10.8 Å². The van der Waals surface area contributed by atoms with Crippen LogP contribution in [-0.2, 0) is 9.59 Å². The summed E-state index contributed by atoms with van der Waals surface area (Å²) in [4.78, 5) is 27.8. The first kappa shape index (κ1) is 16.6. The van der Waals surface area contributed by atoms with E-state index in [0.717, 1.165) is 42.9 Å². The molecule has 0 bridgehead atoms. The van der Waals surface area contributed by atoms with Gasteiger partial charge in [0.15, 0.2) is 5.13 Å². The number of nitrogens with zero attached hydrogens (tertiary/aromatic N) is 1. The number of amides is 2. The number of carbonyl (C=O) groups is 2. The maximum absolute atomic E-state index is 12.2. The molecule has 2 aromatic rings. The summed E-state index contributed by atoms with van der Waals surface area (Å²) < 4.78 is 0. The van der Waals surface area contributed by atoms with Gasteiger partial charge in [0, 0.05) is 29.5 Å². The van der Waals surface area contributed by atoms with Gasteiger partial charge in [-0.2, -0.15) is 0 Å². The number of anilines is 2. The number of thiazole rings is 1. The number of carbonyl (C=O) groups excluding carboxylic acids is 2. The predicted octanol–water partition coefficient (Wildman–Crippen LogP) is 2.71. The van der Waals surface area contributed by atoms with Crippen LogP contribution in [0.1, 0.15) is 19.8 Å². The zero-order valence-electron chi connectivity index (χ0n) is 13.5. The Morgan fingerprint density at radius 1 is 1.17 bits per heavy atom. The number of rotatable bonds is 4. The second-order valence-corrected chi connectivity index (χ2v) is 6.67. The molecule has 3 rings (SSSR count). The van der Waals surface area contributed by atoms with E-state index >= 15 is 0 Å². The molecule has 0 atom stereocenters. The second-order valence-electron chi connectivity index (χ2n) is 5.81. The minimum absolute atomic E-state index is 0.0541. The smallest absolute Gasteiger partial charge is 0.229 e. The molecule has 1 aliphatic rings. The highest BCUT2D eigenvalue weighted by molar-refractivity contribution is 7.14. The van der Waals surface area contributed by atoms with Crippen molar-refractivity contribution in [2.45, 2.75) is 19.8 Å². The van der Waals surface area contributed by atoms with Gasteiger partial charge >= 0.3 is 0 Å². The first-order valence-electron chi connectivity index (χ1n) is 7.97. The van der Waals surface area contributed by atoms with Crippen LogP contribution < -0.4 is 16.0 Å². The summed E-state index contributed by atoms with van der Waals surface area (Å²) in [5, 5.41) is 11.5. The van der Waals surface area contributed by atoms with E-state index in [0.29, 0.717) is 5.13 Å². The summed E-state index contributed by atoms with van der Waals surface area (Å²) in [6.07, 6.45) is 1.74. The van der Waals surface area contributed by atoms with Gasteiger partial charge in [-0.05, 0) is 38.1 Å². The Balaban J connectivity index is 1.64. The van der Waals surface area contributed by atoms with E-state index in [1.54, 1.807) is 0 Å². The molecule has 0 spiro atoms. The standard InChI is InChI=1S/C17H20N4O2S/c1-11(22)19-14-4-2-12(3-5-14)15-10-24-17(20-15)21-16(23)13-6-8-18-9-7-13/h2-5,10,13,18H,6-9H2,1H3,(H,19,22)(H,20,21,23). The Kier molecular flexibility index (Phi) is 5.22. The topological polar surface area (TPSA) is 83.1 Å². The molecule has 1 saturated heterocycles.